The Balaban J connectivity index is 1.39. The van der Waals surface area contributed by atoms with Gasteiger partial charge in [0.2, 0.25) is 0 Å². The molecule has 2 aromatic carbocycles. The average molecular weight is 667 g/mol. The molecule has 0 aliphatic rings. The Bertz CT molecular complexity index is 2150. The zero-order valence-corrected chi connectivity index (χ0v) is 28.8. The number of nitrogens with zero attached hydrogens (tertiary/aromatic N) is 6. The predicted octanol–water partition coefficient (Wildman–Crippen LogP) is 7.68. The third-order valence-corrected chi connectivity index (χ3v) is 8.20. The van der Waals surface area contributed by atoms with Crippen LogP contribution in [-0.4, -0.2) is 35.6 Å². The smallest absolute Gasteiger partial charge is 0.306 e. The van der Waals surface area contributed by atoms with E-state index in [1.165, 1.54) is 21.5 Å². The predicted molar refractivity (Wildman–Crippen MR) is 197 cm³/mol. The second kappa shape index (κ2) is 14.1. The first-order valence-corrected chi connectivity index (χ1v) is 16.4. The first kappa shape index (κ1) is 33.7. The summed E-state index contributed by atoms with van der Waals surface area (Å²) < 4.78 is 2.86. The third kappa shape index (κ3) is 6.98. The number of aryl methyl sites for hydroxylation is 2. The van der Waals surface area contributed by atoms with Crippen molar-refractivity contribution in [2.45, 2.75) is 53.6 Å². The van der Waals surface area contributed by atoms with Gasteiger partial charge in [-0.15, -0.1) is 0 Å². The number of carbonyl (C=O) groups is 1. The van der Waals surface area contributed by atoms with Crippen LogP contribution in [0.25, 0.3) is 45.0 Å². The van der Waals surface area contributed by atoms with Crippen LogP contribution in [0.5, 0.6) is 0 Å². The first-order valence-electron chi connectivity index (χ1n) is 16.4. The van der Waals surface area contributed by atoms with Crippen LogP contribution < -0.4 is 21.8 Å². The van der Waals surface area contributed by atoms with Crippen molar-refractivity contribution in [1.29, 1.82) is 0 Å². The van der Waals surface area contributed by atoms with E-state index in [0.717, 1.165) is 11.1 Å². The highest BCUT2D eigenvalue weighted by Gasteiger charge is 2.20. The number of urea groups is 1. The van der Waals surface area contributed by atoms with Crippen LogP contribution in [0.3, 0.4) is 0 Å². The van der Waals surface area contributed by atoms with Crippen molar-refractivity contribution < 1.29 is 4.79 Å². The van der Waals surface area contributed by atoms with Crippen LogP contribution in [0.4, 0.5) is 16.2 Å². The lowest BCUT2D eigenvalue weighted by Crippen LogP contribution is -2.24. The van der Waals surface area contributed by atoms with Gasteiger partial charge in [-0.3, -0.25) is 19.6 Å². The van der Waals surface area contributed by atoms with E-state index in [1.54, 1.807) is 12.1 Å². The summed E-state index contributed by atoms with van der Waals surface area (Å²) in [4.78, 5) is 48.6. The SMILES string of the molecule is Cc1nc(-c2ccccc2)c(-c2ccc(=O)n(C(C)C)n2)cc1NC(=O)Nc1cc(-c2ccc(=O)n(C(C)C)n2)c(-c2ccccc2)nc1C. The molecule has 11 nitrogen and oxygen atoms in total. The largest absolute Gasteiger partial charge is 0.323 e. The number of benzene rings is 2. The van der Waals surface area contributed by atoms with Crippen molar-refractivity contribution in [2.24, 2.45) is 0 Å². The molecule has 0 bridgehead atoms. The lowest BCUT2D eigenvalue weighted by molar-refractivity contribution is 0.262. The van der Waals surface area contributed by atoms with Crippen LogP contribution in [0.2, 0.25) is 0 Å². The molecule has 6 aromatic rings. The van der Waals surface area contributed by atoms with Gasteiger partial charge in [0, 0.05) is 34.4 Å². The Kier molecular flexibility index (Phi) is 9.49. The van der Waals surface area contributed by atoms with Crippen LogP contribution in [0.1, 0.15) is 51.2 Å². The van der Waals surface area contributed by atoms with E-state index in [9.17, 15) is 14.4 Å². The normalized spacial score (nSPS) is 11.2. The molecule has 11 heteroatoms. The van der Waals surface area contributed by atoms with E-state index in [1.807, 2.05) is 114 Å². The number of anilines is 2. The van der Waals surface area contributed by atoms with E-state index < -0.39 is 6.03 Å². The quantitative estimate of drug-likeness (QED) is 0.170. The van der Waals surface area contributed by atoms with Gasteiger partial charge < -0.3 is 10.6 Å². The monoisotopic (exact) mass is 666 g/mol. The molecule has 0 unspecified atom stereocenters. The summed E-state index contributed by atoms with van der Waals surface area (Å²) in [7, 11) is 0. The maximum absolute atomic E-state index is 13.7. The molecule has 2 amide bonds. The van der Waals surface area contributed by atoms with Crippen LogP contribution in [-0.2, 0) is 0 Å². The summed E-state index contributed by atoms with van der Waals surface area (Å²) in [5.41, 5.74) is 7.21. The van der Waals surface area contributed by atoms with E-state index in [4.69, 9.17) is 9.97 Å². The Labute approximate surface area is 289 Å². The highest BCUT2D eigenvalue weighted by atomic mass is 16.2. The highest BCUT2D eigenvalue weighted by Crippen LogP contribution is 2.35. The second-order valence-corrected chi connectivity index (χ2v) is 12.5. The fourth-order valence-electron chi connectivity index (χ4n) is 5.64. The summed E-state index contributed by atoms with van der Waals surface area (Å²) in [6, 6.07) is 28.6. The van der Waals surface area contributed by atoms with Gasteiger partial charge in [0.15, 0.2) is 0 Å². The molecule has 0 aliphatic carbocycles. The number of rotatable bonds is 8. The number of hydrogen-bond acceptors (Lipinski definition) is 7. The Morgan fingerprint density at radius 3 is 1.32 bits per heavy atom. The van der Waals surface area contributed by atoms with E-state index in [-0.39, 0.29) is 23.2 Å². The number of carbonyl (C=O) groups excluding carboxylic acids is 1. The Morgan fingerprint density at radius 2 is 0.960 bits per heavy atom. The van der Waals surface area contributed by atoms with Crippen LogP contribution in [0, 0.1) is 13.8 Å². The first-order chi connectivity index (χ1) is 24.0. The van der Waals surface area contributed by atoms with Gasteiger partial charge in [-0.25, -0.2) is 14.2 Å². The number of hydrogen-bond donors (Lipinski definition) is 2. The van der Waals surface area contributed by atoms with Crippen molar-refractivity contribution >= 4 is 17.4 Å². The Morgan fingerprint density at radius 1 is 0.580 bits per heavy atom. The molecule has 2 N–H and O–H groups in total. The van der Waals surface area contributed by atoms with E-state index in [0.29, 0.717) is 56.7 Å². The maximum Gasteiger partial charge on any atom is 0.323 e. The van der Waals surface area contributed by atoms with Gasteiger partial charge in [-0.2, -0.15) is 10.2 Å². The molecular weight excluding hydrogens is 628 g/mol. The molecule has 0 radical (unpaired) electrons. The maximum atomic E-state index is 13.7. The summed E-state index contributed by atoms with van der Waals surface area (Å²) in [6.45, 7) is 11.2. The van der Waals surface area contributed by atoms with Gasteiger partial charge in [-0.1, -0.05) is 60.7 Å². The fourth-order valence-corrected chi connectivity index (χ4v) is 5.64. The zero-order chi connectivity index (χ0) is 35.5. The molecule has 50 heavy (non-hydrogen) atoms. The van der Waals surface area contributed by atoms with Gasteiger partial charge >= 0.3 is 6.03 Å². The third-order valence-electron chi connectivity index (χ3n) is 8.20. The van der Waals surface area contributed by atoms with Crippen LogP contribution >= 0.6 is 0 Å². The molecule has 4 aromatic heterocycles. The van der Waals surface area contributed by atoms with Gasteiger partial charge in [0.05, 0.1) is 57.6 Å². The topological polar surface area (TPSA) is 137 Å². The second-order valence-electron chi connectivity index (χ2n) is 12.5. The molecule has 6 rings (SSSR count). The van der Waals surface area contributed by atoms with Crippen molar-refractivity contribution in [3.8, 4) is 45.0 Å². The molecule has 4 heterocycles. The van der Waals surface area contributed by atoms with Crippen LogP contribution in [0.15, 0.2) is 107 Å². The van der Waals surface area contributed by atoms with E-state index in [2.05, 4.69) is 20.8 Å². The number of aromatic nitrogens is 6. The summed E-state index contributed by atoms with van der Waals surface area (Å²) in [5.74, 6) is 0. The summed E-state index contributed by atoms with van der Waals surface area (Å²) in [6.07, 6.45) is 0. The molecule has 0 saturated carbocycles. The lowest BCUT2D eigenvalue weighted by atomic mass is 10.0. The van der Waals surface area contributed by atoms with E-state index >= 15 is 0 Å². The number of amides is 2. The standard InChI is InChI=1S/C39H38N8O3/c1-23(2)46-35(48)19-17-31(44-46)29-21-33(25(5)40-37(29)27-13-9-7-10-14-27)42-39(50)43-34-22-30(32-18-20-36(49)47(45-32)24(3)4)38(41-26(34)6)28-15-11-8-12-16-28/h7-24H,1-6H3,(H2,42,43,50). The highest BCUT2D eigenvalue weighted by molar-refractivity contribution is 6.02. The minimum Gasteiger partial charge on any atom is -0.306 e. The van der Waals surface area contributed by atoms with Crippen molar-refractivity contribution in [2.75, 3.05) is 10.6 Å². The lowest BCUT2D eigenvalue weighted by Gasteiger charge is -2.18. The van der Waals surface area contributed by atoms with Crippen molar-refractivity contribution in [1.82, 2.24) is 29.5 Å². The fraction of sp³-hybridized carbons (Fsp3) is 0.205. The zero-order valence-electron chi connectivity index (χ0n) is 28.8. The molecule has 0 saturated heterocycles. The van der Waals surface area contributed by atoms with Gasteiger partial charge in [0.1, 0.15) is 0 Å². The van der Waals surface area contributed by atoms with Crippen molar-refractivity contribution in [3.05, 3.63) is 129 Å². The summed E-state index contributed by atoms with van der Waals surface area (Å²) >= 11 is 0. The van der Waals surface area contributed by atoms with Gasteiger partial charge in [0.25, 0.3) is 11.1 Å². The summed E-state index contributed by atoms with van der Waals surface area (Å²) in [5, 5.41) is 15.2. The molecule has 252 valence electrons. The average Bonchev–Trinajstić information content (AvgIpc) is 3.10. The number of pyridine rings is 2. The minimum atomic E-state index is -0.503. The molecule has 0 atom stereocenters. The Hall–Kier alpha value is -6.23. The molecule has 0 spiro atoms. The molecular formula is C39H38N8O3. The number of nitrogens with one attached hydrogen (secondary N) is 2. The molecule has 0 fully saturated rings. The minimum absolute atomic E-state index is 0.150. The molecule has 0 aliphatic heterocycles. The van der Waals surface area contributed by atoms with Gasteiger partial charge in [-0.05, 0) is 65.8 Å². The van der Waals surface area contributed by atoms with Crippen molar-refractivity contribution in [3.63, 3.8) is 0 Å².